The highest BCUT2D eigenvalue weighted by molar-refractivity contribution is 7.89. The fraction of sp³-hybridized carbons (Fsp3) is 0.333. The maximum atomic E-state index is 11.6. The van der Waals surface area contributed by atoms with Gasteiger partial charge in [0.25, 0.3) is 5.89 Å². The van der Waals surface area contributed by atoms with E-state index < -0.39 is 15.6 Å². The normalized spacial score (nSPS) is 16.6. The highest BCUT2D eigenvalue weighted by Crippen LogP contribution is 2.36. The zero-order valence-corrected chi connectivity index (χ0v) is 14.7. The van der Waals surface area contributed by atoms with Gasteiger partial charge in [0.15, 0.2) is 5.82 Å². The van der Waals surface area contributed by atoms with Crippen molar-refractivity contribution in [2.75, 3.05) is 7.05 Å². The average Bonchev–Trinajstić information content (AvgIpc) is 3.00. The molecule has 3 rings (SSSR count). The summed E-state index contributed by atoms with van der Waals surface area (Å²) in [5, 5.41) is 3.93. The lowest BCUT2D eigenvalue weighted by atomic mass is 9.77. The molecule has 0 radical (unpaired) electrons. The summed E-state index contributed by atoms with van der Waals surface area (Å²) >= 11 is 0. The second kappa shape index (κ2) is 7.02. The lowest BCUT2D eigenvalue weighted by Crippen LogP contribution is -2.44. The lowest BCUT2D eigenvalue weighted by Gasteiger charge is -2.34. The fourth-order valence-corrected chi connectivity index (χ4v) is 3.06. The van der Waals surface area contributed by atoms with Gasteiger partial charge in [0.1, 0.15) is 0 Å². The van der Waals surface area contributed by atoms with Crippen LogP contribution in [0.2, 0.25) is 0 Å². The van der Waals surface area contributed by atoms with E-state index in [1.165, 1.54) is 19.2 Å². The molecule has 1 aromatic heterocycles. The molecule has 1 saturated carbocycles. The van der Waals surface area contributed by atoms with Crippen LogP contribution in [0.25, 0.3) is 12.2 Å². The van der Waals surface area contributed by atoms with Gasteiger partial charge < -0.3 is 10.3 Å². The van der Waals surface area contributed by atoms with Crippen molar-refractivity contribution in [3.05, 3.63) is 41.5 Å². The number of aromatic nitrogens is 2. The quantitative estimate of drug-likeness (QED) is 0.831. The van der Waals surface area contributed by atoms with Gasteiger partial charge in [-0.3, -0.25) is 0 Å². The summed E-state index contributed by atoms with van der Waals surface area (Å²) in [5.74, 6) is 0.919. The highest BCUT2D eigenvalue weighted by atomic mass is 35.5. The summed E-state index contributed by atoms with van der Waals surface area (Å²) in [7, 11) is -2.04. The highest BCUT2D eigenvalue weighted by Gasteiger charge is 2.38. The molecule has 1 aliphatic rings. The van der Waals surface area contributed by atoms with Crippen molar-refractivity contribution in [2.45, 2.75) is 29.7 Å². The van der Waals surface area contributed by atoms with Crippen LogP contribution in [0.15, 0.2) is 33.7 Å². The van der Waals surface area contributed by atoms with Crippen molar-refractivity contribution < 1.29 is 12.9 Å². The smallest absolute Gasteiger partial charge is 0.250 e. The van der Waals surface area contributed by atoms with Crippen LogP contribution in [0, 0.1) is 0 Å². The van der Waals surface area contributed by atoms with Crippen LogP contribution in [0.1, 0.15) is 36.5 Å². The maximum absolute atomic E-state index is 11.6. The Morgan fingerprint density at radius 1 is 1.25 bits per heavy atom. The van der Waals surface area contributed by atoms with Gasteiger partial charge in [0.2, 0.25) is 10.0 Å². The largest absolute Gasteiger partial charge is 0.335 e. The van der Waals surface area contributed by atoms with Gasteiger partial charge in [-0.05, 0) is 50.1 Å². The lowest BCUT2D eigenvalue weighted by molar-refractivity contribution is 0.229. The molecule has 0 spiro atoms. The van der Waals surface area contributed by atoms with E-state index in [4.69, 9.17) is 10.3 Å². The third-order valence-electron chi connectivity index (χ3n) is 4.01. The molecule has 1 heterocycles. The summed E-state index contributed by atoms with van der Waals surface area (Å²) < 4.78 is 30.7. The molecule has 1 aromatic carbocycles. The molecule has 130 valence electrons. The minimum absolute atomic E-state index is 0. The molecule has 1 fully saturated rings. The Kier molecular flexibility index (Phi) is 5.44. The molecule has 1 aliphatic carbocycles. The Balaban J connectivity index is 0.00000208. The first-order valence-corrected chi connectivity index (χ1v) is 8.76. The average molecular weight is 371 g/mol. The van der Waals surface area contributed by atoms with Crippen LogP contribution in [-0.4, -0.2) is 25.6 Å². The molecule has 0 aliphatic heterocycles. The maximum Gasteiger partial charge on any atom is 0.250 e. The molecule has 0 unspecified atom stereocenters. The fourth-order valence-electron chi connectivity index (χ4n) is 2.33. The number of hydrogen-bond donors (Lipinski definition) is 2. The predicted octanol–water partition coefficient (Wildman–Crippen LogP) is 1.91. The first-order chi connectivity index (χ1) is 10.9. The molecule has 9 heteroatoms. The first kappa shape index (κ1) is 18.6. The van der Waals surface area contributed by atoms with E-state index in [2.05, 4.69) is 14.9 Å². The second-order valence-corrected chi connectivity index (χ2v) is 7.46. The van der Waals surface area contributed by atoms with Crippen LogP contribution in [0.3, 0.4) is 0 Å². The first-order valence-electron chi connectivity index (χ1n) is 7.28. The van der Waals surface area contributed by atoms with Crippen molar-refractivity contribution in [1.82, 2.24) is 14.9 Å². The molecular weight excluding hydrogens is 352 g/mol. The summed E-state index contributed by atoms with van der Waals surface area (Å²) in [6.45, 7) is 0. The number of nitrogens with one attached hydrogen (secondary N) is 1. The molecule has 24 heavy (non-hydrogen) atoms. The van der Waals surface area contributed by atoms with E-state index in [0.717, 1.165) is 24.8 Å². The Labute approximate surface area is 146 Å². The summed E-state index contributed by atoms with van der Waals surface area (Å²) in [6.07, 6.45) is 6.28. The van der Waals surface area contributed by atoms with Gasteiger partial charge in [-0.25, -0.2) is 13.1 Å². The van der Waals surface area contributed by atoms with Crippen LogP contribution in [-0.2, 0) is 15.6 Å². The Bertz CT molecular complexity index is 827. The Hall–Kier alpha value is -1.74. The number of rotatable bonds is 5. The van der Waals surface area contributed by atoms with Crippen molar-refractivity contribution in [3.63, 3.8) is 0 Å². The molecule has 0 amide bonds. The number of nitrogens with two attached hydrogens (primary N) is 1. The van der Waals surface area contributed by atoms with Crippen LogP contribution >= 0.6 is 12.4 Å². The van der Waals surface area contributed by atoms with E-state index in [9.17, 15) is 8.42 Å². The van der Waals surface area contributed by atoms with Gasteiger partial charge in [0, 0.05) is 6.08 Å². The number of sulfonamides is 1. The monoisotopic (exact) mass is 370 g/mol. The number of nitrogens with zero attached hydrogens (tertiary/aromatic N) is 2. The van der Waals surface area contributed by atoms with Crippen molar-refractivity contribution in [3.8, 4) is 0 Å². The topological polar surface area (TPSA) is 111 Å². The zero-order valence-electron chi connectivity index (χ0n) is 13.1. The number of halogens is 1. The van der Waals surface area contributed by atoms with Gasteiger partial charge in [-0.15, -0.1) is 12.4 Å². The number of benzene rings is 1. The van der Waals surface area contributed by atoms with E-state index in [1.807, 2.05) is 0 Å². The Morgan fingerprint density at radius 2 is 1.92 bits per heavy atom. The van der Waals surface area contributed by atoms with Crippen molar-refractivity contribution >= 4 is 34.6 Å². The SMILES string of the molecule is CNS(=O)(=O)c1ccc(/C=C/c2nc(C3(N)CCC3)no2)cc1.Cl. The summed E-state index contributed by atoms with van der Waals surface area (Å²) in [5.41, 5.74) is 6.52. The van der Waals surface area contributed by atoms with Crippen molar-refractivity contribution in [2.24, 2.45) is 5.73 Å². The second-order valence-electron chi connectivity index (χ2n) is 5.58. The molecule has 0 saturated heterocycles. The third kappa shape index (κ3) is 3.67. The van der Waals surface area contributed by atoms with E-state index >= 15 is 0 Å². The molecular formula is C15H19ClN4O3S. The minimum Gasteiger partial charge on any atom is -0.335 e. The molecule has 0 atom stereocenters. The van der Waals surface area contributed by atoms with Crippen LogP contribution < -0.4 is 10.5 Å². The number of hydrogen-bond acceptors (Lipinski definition) is 6. The van der Waals surface area contributed by atoms with Gasteiger partial charge in [-0.1, -0.05) is 17.3 Å². The van der Waals surface area contributed by atoms with E-state index in [-0.39, 0.29) is 17.3 Å². The van der Waals surface area contributed by atoms with Gasteiger partial charge >= 0.3 is 0 Å². The van der Waals surface area contributed by atoms with Crippen LogP contribution in [0.5, 0.6) is 0 Å². The third-order valence-corrected chi connectivity index (χ3v) is 5.44. The minimum atomic E-state index is -3.42. The van der Waals surface area contributed by atoms with Crippen molar-refractivity contribution in [1.29, 1.82) is 0 Å². The standard InChI is InChI=1S/C15H18N4O3S.ClH/c1-17-23(20,21)12-6-3-11(4-7-12)5-8-13-18-14(19-22-13)15(16)9-2-10-15;/h3-8,17H,2,9-10,16H2,1H3;1H/b8-5+;. The predicted molar refractivity (Wildman–Crippen MR) is 92.9 cm³/mol. The van der Waals surface area contributed by atoms with Gasteiger partial charge in [-0.2, -0.15) is 4.98 Å². The molecule has 0 bridgehead atoms. The van der Waals surface area contributed by atoms with E-state index in [1.54, 1.807) is 24.3 Å². The van der Waals surface area contributed by atoms with E-state index in [0.29, 0.717) is 11.7 Å². The molecule has 7 nitrogen and oxygen atoms in total. The van der Waals surface area contributed by atoms with Crippen LogP contribution in [0.4, 0.5) is 0 Å². The van der Waals surface area contributed by atoms with Gasteiger partial charge in [0.05, 0.1) is 10.4 Å². The summed E-state index contributed by atoms with van der Waals surface area (Å²) in [6, 6.07) is 6.48. The Morgan fingerprint density at radius 3 is 2.46 bits per heavy atom. The molecule has 3 N–H and O–H groups in total. The zero-order chi connectivity index (χ0) is 16.5. The summed E-state index contributed by atoms with van der Waals surface area (Å²) in [4.78, 5) is 4.51. The molecule has 2 aromatic rings.